The zero-order valence-electron chi connectivity index (χ0n) is 17.8. The molecular formula is C23H26ClN7O. The van der Waals surface area contributed by atoms with Crippen molar-refractivity contribution in [3.8, 4) is 11.4 Å². The Kier molecular flexibility index (Phi) is 5.01. The van der Waals surface area contributed by atoms with Crippen molar-refractivity contribution in [1.82, 2.24) is 29.6 Å². The number of nitrogens with zero attached hydrogens (tertiary/aromatic N) is 5. The summed E-state index contributed by atoms with van der Waals surface area (Å²) >= 11 is 6.77. The number of nitrogens with two attached hydrogens (primary N) is 1. The topological polar surface area (TPSA) is 97.9 Å². The summed E-state index contributed by atoms with van der Waals surface area (Å²) in [4.78, 5) is 14.8. The third kappa shape index (κ3) is 3.25. The van der Waals surface area contributed by atoms with Crippen LogP contribution in [0.15, 0.2) is 30.6 Å². The molecule has 0 atom stereocenters. The van der Waals surface area contributed by atoms with Gasteiger partial charge in [-0.25, -0.2) is 14.6 Å². The summed E-state index contributed by atoms with van der Waals surface area (Å²) in [6.45, 7) is 3.75. The molecule has 3 aromatic heterocycles. The van der Waals surface area contributed by atoms with Gasteiger partial charge in [0.05, 0.1) is 35.4 Å². The van der Waals surface area contributed by atoms with Gasteiger partial charge in [0.1, 0.15) is 17.8 Å². The molecule has 1 aliphatic carbocycles. The lowest BCUT2D eigenvalue weighted by atomic mass is 9.90. The number of anilines is 1. The molecule has 0 bridgehead atoms. The average molecular weight is 452 g/mol. The zero-order chi connectivity index (χ0) is 21.7. The predicted octanol–water partition coefficient (Wildman–Crippen LogP) is 4.03. The van der Waals surface area contributed by atoms with Gasteiger partial charge in [-0.15, -0.1) is 0 Å². The third-order valence-corrected chi connectivity index (χ3v) is 7.36. The minimum Gasteiger partial charge on any atom is -0.383 e. The minimum absolute atomic E-state index is 0.279. The summed E-state index contributed by atoms with van der Waals surface area (Å²) in [5.41, 5.74) is 9.55. The van der Waals surface area contributed by atoms with Crippen LogP contribution in [0.25, 0.3) is 33.3 Å². The molecule has 4 aromatic rings. The molecule has 1 saturated carbocycles. The van der Waals surface area contributed by atoms with E-state index >= 15 is 0 Å². The van der Waals surface area contributed by atoms with Gasteiger partial charge in [-0.3, -0.25) is 4.90 Å². The maximum atomic E-state index is 6.77. The van der Waals surface area contributed by atoms with E-state index in [1.807, 2.05) is 24.3 Å². The van der Waals surface area contributed by atoms with Crippen molar-refractivity contribution in [3.63, 3.8) is 0 Å². The van der Waals surface area contributed by atoms with Gasteiger partial charge < -0.3 is 15.5 Å². The van der Waals surface area contributed by atoms with E-state index in [4.69, 9.17) is 27.2 Å². The molecule has 2 fully saturated rings. The first-order valence-electron chi connectivity index (χ1n) is 11.3. The number of hydrogen-bond donors (Lipinski definition) is 2. The van der Waals surface area contributed by atoms with Gasteiger partial charge in [-0.1, -0.05) is 29.8 Å². The number of hydrogen-bond acceptors (Lipinski definition) is 6. The second-order valence-corrected chi connectivity index (χ2v) is 9.10. The van der Waals surface area contributed by atoms with E-state index in [-0.39, 0.29) is 6.04 Å². The Morgan fingerprint density at radius 1 is 1.03 bits per heavy atom. The second-order valence-electron chi connectivity index (χ2n) is 8.72. The third-order valence-electron chi connectivity index (χ3n) is 6.97. The molecule has 1 saturated heterocycles. The highest BCUT2D eigenvalue weighted by molar-refractivity contribution is 6.38. The number of H-pyrrole nitrogens is 1. The highest BCUT2D eigenvalue weighted by atomic mass is 35.5. The largest absolute Gasteiger partial charge is 0.383 e. The maximum absolute atomic E-state index is 6.77. The van der Waals surface area contributed by atoms with Crippen LogP contribution in [0.3, 0.4) is 0 Å². The Bertz CT molecular complexity index is 1270. The van der Waals surface area contributed by atoms with Crippen LogP contribution in [-0.2, 0) is 4.74 Å². The Morgan fingerprint density at radius 3 is 2.56 bits per heavy atom. The lowest BCUT2D eigenvalue weighted by molar-refractivity contribution is 0.00520. The molecule has 0 amide bonds. The number of aromatic amines is 1. The normalized spacial score (nSPS) is 22.7. The first-order chi connectivity index (χ1) is 15.7. The number of para-hydroxylation sites is 1. The van der Waals surface area contributed by atoms with Crippen LogP contribution in [-0.4, -0.2) is 62.0 Å². The van der Waals surface area contributed by atoms with E-state index < -0.39 is 0 Å². The summed E-state index contributed by atoms with van der Waals surface area (Å²) in [6.07, 6.45) is 5.93. The van der Waals surface area contributed by atoms with Crippen LogP contribution in [0.4, 0.5) is 5.82 Å². The number of morpholine rings is 1. The van der Waals surface area contributed by atoms with Crippen LogP contribution >= 0.6 is 11.6 Å². The fourth-order valence-electron chi connectivity index (χ4n) is 5.31. The Labute approximate surface area is 190 Å². The molecule has 1 aliphatic heterocycles. The van der Waals surface area contributed by atoms with Crippen LogP contribution in [0.5, 0.6) is 0 Å². The lowest BCUT2D eigenvalue weighted by Crippen LogP contribution is -2.45. The van der Waals surface area contributed by atoms with Gasteiger partial charge in [-0.05, 0) is 31.7 Å². The summed E-state index contributed by atoms with van der Waals surface area (Å²) in [6, 6.07) is 8.88. The molecule has 0 unspecified atom stereocenters. The van der Waals surface area contributed by atoms with Gasteiger partial charge in [0.25, 0.3) is 0 Å². The number of halogens is 1. The highest BCUT2D eigenvalue weighted by Gasteiger charge is 2.31. The molecule has 4 heterocycles. The SMILES string of the molecule is Nc1ncnc2c1c(-c1[nH]c3ccccc3c1Cl)nn2C1CCC(N2CCOCC2)CC1. The highest BCUT2D eigenvalue weighted by Crippen LogP contribution is 2.40. The van der Waals surface area contributed by atoms with Crippen molar-refractivity contribution in [2.45, 2.75) is 37.8 Å². The molecule has 9 heteroatoms. The molecule has 2 aliphatic rings. The summed E-state index contributed by atoms with van der Waals surface area (Å²) < 4.78 is 7.58. The number of nitrogen functional groups attached to an aromatic ring is 1. The van der Waals surface area contributed by atoms with E-state index in [2.05, 4.69) is 24.5 Å². The van der Waals surface area contributed by atoms with E-state index in [1.54, 1.807) is 0 Å². The number of aromatic nitrogens is 5. The lowest BCUT2D eigenvalue weighted by Gasteiger charge is -2.38. The van der Waals surface area contributed by atoms with Crippen molar-refractivity contribution in [3.05, 3.63) is 35.6 Å². The average Bonchev–Trinajstić information content (AvgIpc) is 3.39. The molecule has 166 valence electrons. The first-order valence-corrected chi connectivity index (χ1v) is 11.7. The Balaban J connectivity index is 1.37. The quantitative estimate of drug-likeness (QED) is 0.488. The molecule has 6 rings (SSSR count). The smallest absolute Gasteiger partial charge is 0.164 e. The van der Waals surface area contributed by atoms with E-state index in [0.29, 0.717) is 16.9 Å². The molecule has 0 spiro atoms. The fraction of sp³-hybridized carbons (Fsp3) is 0.435. The first kappa shape index (κ1) is 20.0. The van der Waals surface area contributed by atoms with Crippen molar-refractivity contribution in [2.24, 2.45) is 0 Å². The van der Waals surface area contributed by atoms with Crippen LogP contribution < -0.4 is 5.73 Å². The minimum atomic E-state index is 0.279. The zero-order valence-corrected chi connectivity index (χ0v) is 18.6. The Hall–Kier alpha value is -2.68. The number of rotatable bonds is 3. The van der Waals surface area contributed by atoms with Crippen molar-refractivity contribution in [2.75, 3.05) is 32.0 Å². The fourth-order valence-corrected chi connectivity index (χ4v) is 5.61. The number of benzene rings is 1. The number of fused-ring (bicyclic) bond motifs is 2. The van der Waals surface area contributed by atoms with E-state index in [0.717, 1.165) is 85.3 Å². The molecule has 0 radical (unpaired) electrons. The van der Waals surface area contributed by atoms with Crippen LogP contribution in [0.2, 0.25) is 5.02 Å². The molecule has 8 nitrogen and oxygen atoms in total. The van der Waals surface area contributed by atoms with Gasteiger partial charge in [0.2, 0.25) is 0 Å². The second kappa shape index (κ2) is 8.03. The number of nitrogens with one attached hydrogen (secondary N) is 1. The van der Waals surface area contributed by atoms with Gasteiger partial charge >= 0.3 is 0 Å². The van der Waals surface area contributed by atoms with Gasteiger partial charge in [-0.2, -0.15) is 5.10 Å². The van der Waals surface area contributed by atoms with Gasteiger partial charge in [0, 0.05) is 30.0 Å². The number of ether oxygens (including phenoxy) is 1. The monoisotopic (exact) mass is 451 g/mol. The predicted molar refractivity (Wildman–Crippen MR) is 126 cm³/mol. The van der Waals surface area contributed by atoms with E-state index in [9.17, 15) is 0 Å². The molecular weight excluding hydrogens is 426 g/mol. The molecule has 32 heavy (non-hydrogen) atoms. The standard InChI is InChI=1S/C23H26ClN7O/c24-19-16-3-1-2-4-17(16)28-21(19)20-18-22(25)26-13-27-23(18)31(29-20)15-7-5-14(6-8-15)30-9-11-32-12-10-30/h1-4,13-15,28H,5-12H2,(H2,25,26,27). The van der Waals surface area contributed by atoms with Gasteiger partial charge in [0.15, 0.2) is 5.65 Å². The summed E-state index contributed by atoms with van der Waals surface area (Å²) in [5.74, 6) is 0.424. The van der Waals surface area contributed by atoms with Crippen molar-refractivity contribution >= 4 is 39.4 Å². The summed E-state index contributed by atoms with van der Waals surface area (Å²) in [7, 11) is 0. The van der Waals surface area contributed by atoms with Crippen molar-refractivity contribution in [1.29, 1.82) is 0 Å². The van der Waals surface area contributed by atoms with Crippen molar-refractivity contribution < 1.29 is 4.74 Å². The molecule has 1 aromatic carbocycles. The molecule has 3 N–H and O–H groups in total. The Morgan fingerprint density at radius 2 is 1.78 bits per heavy atom. The summed E-state index contributed by atoms with van der Waals surface area (Å²) in [5, 5.41) is 7.39. The van der Waals surface area contributed by atoms with Crippen LogP contribution in [0, 0.1) is 0 Å². The van der Waals surface area contributed by atoms with E-state index in [1.165, 1.54) is 6.33 Å². The maximum Gasteiger partial charge on any atom is 0.164 e. The van der Waals surface area contributed by atoms with Crippen LogP contribution in [0.1, 0.15) is 31.7 Å².